The van der Waals surface area contributed by atoms with Crippen LogP contribution in [-0.2, 0) is 9.53 Å². The third-order valence-electron chi connectivity index (χ3n) is 3.85. The van der Waals surface area contributed by atoms with Crippen molar-refractivity contribution in [2.75, 3.05) is 13.7 Å². The van der Waals surface area contributed by atoms with E-state index in [4.69, 9.17) is 9.84 Å². The van der Waals surface area contributed by atoms with Gasteiger partial charge in [0.1, 0.15) is 0 Å². The number of hydrogen-bond donors (Lipinski definition) is 1. The fourth-order valence-electron chi connectivity index (χ4n) is 2.91. The quantitative estimate of drug-likeness (QED) is 0.776. The van der Waals surface area contributed by atoms with Crippen LogP contribution in [0.25, 0.3) is 0 Å². The minimum atomic E-state index is -0.707. The van der Waals surface area contributed by atoms with E-state index < -0.39 is 5.97 Å². The van der Waals surface area contributed by atoms with Crippen molar-refractivity contribution in [1.29, 1.82) is 0 Å². The molecule has 0 aromatic carbocycles. The molecule has 1 aliphatic rings. The van der Waals surface area contributed by atoms with Crippen molar-refractivity contribution in [2.45, 2.75) is 64.1 Å². The van der Waals surface area contributed by atoms with Crippen molar-refractivity contribution < 1.29 is 14.6 Å². The number of hydrogen-bond acceptors (Lipinski definition) is 3. The van der Waals surface area contributed by atoms with Crippen LogP contribution in [0.15, 0.2) is 0 Å². The molecule has 1 aliphatic carbocycles. The summed E-state index contributed by atoms with van der Waals surface area (Å²) in [5, 5.41) is 8.86. The van der Waals surface area contributed by atoms with Gasteiger partial charge in [-0.15, -0.1) is 0 Å². The van der Waals surface area contributed by atoms with Crippen LogP contribution in [0.2, 0.25) is 0 Å². The van der Waals surface area contributed by atoms with Gasteiger partial charge in [0.2, 0.25) is 0 Å². The number of aliphatic carboxylic acids is 1. The molecule has 0 bridgehead atoms. The summed E-state index contributed by atoms with van der Waals surface area (Å²) in [6.45, 7) is 5.05. The summed E-state index contributed by atoms with van der Waals surface area (Å²) in [5.41, 5.74) is 0. The molecule has 0 radical (unpaired) electrons. The van der Waals surface area contributed by atoms with Gasteiger partial charge in [-0.1, -0.05) is 6.92 Å². The van der Waals surface area contributed by atoms with Gasteiger partial charge in [-0.3, -0.25) is 9.69 Å². The van der Waals surface area contributed by atoms with Crippen molar-refractivity contribution in [1.82, 2.24) is 4.90 Å². The van der Waals surface area contributed by atoms with Crippen LogP contribution < -0.4 is 0 Å². The maximum Gasteiger partial charge on any atom is 0.304 e. The zero-order valence-corrected chi connectivity index (χ0v) is 11.2. The van der Waals surface area contributed by atoms with Crippen molar-refractivity contribution in [3.8, 4) is 0 Å². The molecule has 0 aromatic heterocycles. The predicted molar refractivity (Wildman–Crippen MR) is 67.1 cm³/mol. The van der Waals surface area contributed by atoms with Crippen molar-refractivity contribution in [2.24, 2.45) is 0 Å². The van der Waals surface area contributed by atoms with Crippen LogP contribution in [0.4, 0.5) is 0 Å². The number of rotatable bonds is 6. The second kappa shape index (κ2) is 6.97. The van der Waals surface area contributed by atoms with Crippen LogP contribution in [-0.4, -0.2) is 47.8 Å². The van der Waals surface area contributed by atoms with E-state index in [9.17, 15) is 4.79 Å². The lowest BCUT2D eigenvalue weighted by atomic mass is 9.91. The standard InChI is InChI=1S/C13H25NO3/c1-4-14(10(2)9-13(15)16)11-5-7-12(17-3)8-6-11/h10-12H,4-9H2,1-3H3,(H,15,16). The summed E-state index contributed by atoms with van der Waals surface area (Å²) in [7, 11) is 1.77. The summed E-state index contributed by atoms with van der Waals surface area (Å²) >= 11 is 0. The summed E-state index contributed by atoms with van der Waals surface area (Å²) in [5.74, 6) is -0.707. The SMILES string of the molecule is CCN(C(C)CC(=O)O)C1CCC(OC)CC1. The second-order valence-corrected chi connectivity index (χ2v) is 4.94. The first-order chi connectivity index (χ1) is 8.08. The molecule has 1 unspecified atom stereocenters. The van der Waals surface area contributed by atoms with Gasteiger partial charge in [0.25, 0.3) is 0 Å². The summed E-state index contributed by atoms with van der Waals surface area (Å²) < 4.78 is 5.37. The highest BCUT2D eigenvalue weighted by Crippen LogP contribution is 2.26. The Balaban J connectivity index is 2.48. The molecular weight excluding hydrogens is 218 g/mol. The van der Waals surface area contributed by atoms with Crippen LogP contribution >= 0.6 is 0 Å². The Morgan fingerprint density at radius 2 is 2.00 bits per heavy atom. The lowest BCUT2D eigenvalue weighted by Crippen LogP contribution is -2.45. The van der Waals surface area contributed by atoms with Gasteiger partial charge >= 0.3 is 5.97 Å². The Morgan fingerprint density at radius 3 is 2.41 bits per heavy atom. The summed E-state index contributed by atoms with van der Waals surface area (Å²) in [6, 6.07) is 0.655. The third-order valence-corrected chi connectivity index (χ3v) is 3.85. The lowest BCUT2D eigenvalue weighted by Gasteiger charge is -2.39. The molecule has 4 heteroatoms. The fraction of sp³-hybridized carbons (Fsp3) is 0.923. The number of carboxylic acids is 1. The molecule has 1 saturated carbocycles. The minimum Gasteiger partial charge on any atom is -0.481 e. The average Bonchev–Trinajstić information content (AvgIpc) is 2.30. The first kappa shape index (κ1) is 14.5. The Kier molecular flexibility index (Phi) is 5.92. The fourth-order valence-corrected chi connectivity index (χ4v) is 2.91. The maximum atomic E-state index is 10.8. The monoisotopic (exact) mass is 243 g/mol. The van der Waals surface area contributed by atoms with Crippen molar-refractivity contribution in [3.63, 3.8) is 0 Å². The van der Waals surface area contributed by atoms with E-state index >= 15 is 0 Å². The average molecular weight is 243 g/mol. The molecule has 1 fully saturated rings. The molecular formula is C13H25NO3. The molecule has 0 aromatic rings. The molecule has 17 heavy (non-hydrogen) atoms. The van der Waals surface area contributed by atoms with E-state index in [0.29, 0.717) is 12.1 Å². The molecule has 4 nitrogen and oxygen atoms in total. The highest BCUT2D eigenvalue weighted by molar-refractivity contribution is 5.67. The van der Waals surface area contributed by atoms with E-state index in [1.807, 2.05) is 6.92 Å². The normalized spacial score (nSPS) is 27.1. The van der Waals surface area contributed by atoms with Crippen molar-refractivity contribution in [3.05, 3.63) is 0 Å². The molecule has 0 amide bonds. The van der Waals surface area contributed by atoms with Gasteiger partial charge in [-0.2, -0.15) is 0 Å². The largest absolute Gasteiger partial charge is 0.481 e. The number of nitrogens with zero attached hydrogens (tertiary/aromatic N) is 1. The van der Waals surface area contributed by atoms with Gasteiger partial charge in [0, 0.05) is 19.2 Å². The van der Waals surface area contributed by atoms with Gasteiger partial charge in [-0.05, 0) is 39.2 Å². The molecule has 1 atom stereocenters. The molecule has 0 heterocycles. The lowest BCUT2D eigenvalue weighted by molar-refractivity contribution is -0.138. The smallest absolute Gasteiger partial charge is 0.304 e. The first-order valence-corrected chi connectivity index (χ1v) is 6.58. The molecule has 100 valence electrons. The number of methoxy groups -OCH3 is 1. The number of carbonyl (C=O) groups is 1. The topological polar surface area (TPSA) is 49.8 Å². The Hall–Kier alpha value is -0.610. The molecule has 0 aliphatic heterocycles. The zero-order valence-electron chi connectivity index (χ0n) is 11.2. The highest BCUT2D eigenvalue weighted by atomic mass is 16.5. The van der Waals surface area contributed by atoms with Gasteiger partial charge < -0.3 is 9.84 Å². The maximum absolute atomic E-state index is 10.8. The van der Waals surface area contributed by atoms with E-state index in [2.05, 4.69) is 11.8 Å². The van der Waals surface area contributed by atoms with E-state index in [1.54, 1.807) is 7.11 Å². The predicted octanol–water partition coefficient (Wildman–Crippen LogP) is 2.13. The zero-order chi connectivity index (χ0) is 12.8. The van der Waals surface area contributed by atoms with Crippen LogP contribution in [0, 0.1) is 0 Å². The third kappa shape index (κ3) is 4.28. The van der Waals surface area contributed by atoms with Crippen LogP contribution in [0.3, 0.4) is 0 Å². The molecule has 1 rings (SSSR count). The minimum absolute atomic E-state index is 0.126. The number of ether oxygens (including phenoxy) is 1. The number of carboxylic acid groups (broad SMARTS) is 1. The van der Waals surface area contributed by atoms with Crippen molar-refractivity contribution >= 4 is 5.97 Å². The highest BCUT2D eigenvalue weighted by Gasteiger charge is 2.28. The Bertz CT molecular complexity index is 237. The Labute approximate surface area is 104 Å². The summed E-state index contributed by atoms with van der Waals surface area (Å²) in [4.78, 5) is 13.1. The van der Waals surface area contributed by atoms with Crippen LogP contribution in [0.5, 0.6) is 0 Å². The van der Waals surface area contributed by atoms with E-state index in [-0.39, 0.29) is 12.5 Å². The second-order valence-electron chi connectivity index (χ2n) is 4.94. The van der Waals surface area contributed by atoms with E-state index in [0.717, 1.165) is 32.2 Å². The summed E-state index contributed by atoms with van der Waals surface area (Å²) in [6.07, 6.45) is 5.07. The molecule has 1 N–H and O–H groups in total. The van der Waals surface area contributed by atoms with E-state index in [1.165, 1.54) is 0 Å². The van der Waals surface area contributed by atoms with Crippen LogP contribution in [0.1, 0.15) is 46.0 Å². The Morgan fingerprint density at radius 1 is 1.41 bits per heavy atom. The van der Waals surface area contributed by atoms with Gasteiger partial charge in [-0.25, -0.2) is 0 Å². The molecule has 0 spiro atoms. The van der Waals surface area contributed by atoms with Gasteiger partial charge in [0.05, 0.1) is 12.5 Å². The molecule has 0 saturated heterocycles. The first-order valence-electron chi connectivity index (χ1n) is 6.58. The van der Waals surface area contributed by atoms with Gasteiger partial charge in [0.15, 0.2) is 0 Å².